The molecule has 0 aliphatic carbocycles. The maximum atomic E-state index is 8.71. The summed E-state index contributed by atoms with van der Waals surface area (Å²) in [5.74, 6) is 0. The highest BCUT2D eigenvalue weighted by Gasteiger charge is 2.04. The molecule has 1 aromatic heterocycles. The van der Waals surface area contributed by atoms with E-state index in [2.05, 4.69) is 22.6 Å². The zero-order valence-electron chi connectivity index (χ0n) is 10.6. The van der Waals surface area contributed by atoms with Gasteiger partial charge in [-0.25, -0.2) is 0 Å². The molecule has 1 rings (SSSR count). The third-order valence-corrected chi connectivity index (χ3v) is 2.34. The molecule has 17 heavy (non-hydrogen) atoms. The maximum absolute atomic E-state index is 8.71. The van der Waals surface area contributed by atoms with Crippen LogP contribution in [-0.2, 0) is 17.8 Å². The van der Waals surface area contributed by atoms with Crippen molar-refractivity contribution in [3.05, 3.63) is 11.9 Å². The second-order valence-corrected chi connectivity index (χ2v) is 3.99. The van der Waals surface area contributed by atoms with Crippen LogP contribution in [0.5, 0.6) is 0 Å². The summed E-state index contributed by atoms with van der Waals surface area (Å²) < 4.78 is 7.06. The molecule has 0 radical (unpaired) electrons. The Morgan fingerprint density at radius 2 is 2.41 bits per heavy atom. The van der Waals surface area contributed by atoms with E-state index in [1.165, 1.54) is 0 Å². The van der Waals surface area contributed by atoms with Crippen LogP contribution in [0.1, 0.15) is 26.0 Å². The van der Waals surface area contributed by atoms with Gasteiger partial charge in [0.2, 0.25) is 0 Å². The van der Waals surface area contributed by atoms with Gasteiger partial charge >= 0.3 is 0 Å². The summed E-state index contributed by atoms with van der Waals surface area (Å²) in [6, 6.07) is 0.303. The van der Waals surface area contributed by atoms with Crippen LogP contribution in [0.2, 0.25) is 0 Å². The summed E-state index contributed by atoms with van der Waals surface area (Å²) in [6.07, 6.45) is 2.60. The summed E-state index contributed by atoms with van der Waals surface area (Å²) >= 11 is 0. The van der Waals surface area contributed by atoms with Gasteiger partial charge in [-0.3, -0.25) is 4.68 Å². The highest BCUT2D eigenvalue weighted by Crippen LogP contribution is 1.95. The van der Waals surface area contributed by atoms with Crippen LogP contribution in [0.3, 0.4) is 0 Å². The first-order valence-electron chi connectivity index (χ1n) is 6.07. The van der Waals surface area contributed by atoms with Gasteiger partial charge in [0.05, 0.1) is 12.3 Å². The molecule has 6 heteroatoms. The number of aliphatic hydroxyl groups is 1. The number of rotatable bonds is 9. The van der Waals surface area contributed by atoms with E-state index in [0.717, 1.165) is 12.3 Å². The van der Waals surface area contributed by atoms with Gasteiger partial charge in [0.1, 0.15) is 0 Å². The van der Waals surface area contributed by atoms with Crippen molar-refractivity contribution < 1.29 is 9.84 Å². The topological polar surface area (TPSA) is 72.2 Å². The number of ether oxygens (including phenoxy) is 1. The average molecular weight is 242 g/mol. The number of hydrogen-bond donors (Lipinski definition) is 2. The van der Waals surface area contributed by atoms with Gasteiger partial charge in [0, 0.05) is 38.5 Å². The summed E-state index contributed by atoms with van der Waals surface area (Å²) in [7, 11) is 0. The summed E-state index contributed by atoms with van der Waals surface area (Å²) in [4.78, 5) is 0. The van der Waals surface area contributed by atoms with Crippen molar-refractivity contribution in [2.24, 2.45) is 0 Å². The van der Waals surface area contributed by atoms with Crippen molar-refractivity contribution in [2.45, 2.75) is 39.4 Å². The summed E-state index contributed by atoms with van der Waals surface area (Å²) in [5, 5.41) is 20.0. The number of aromatic nitrogens is 3. The minimum atomic E-state index is 0.179. The van der Waals surface area contributed by atoms with E-state index < -0.39 is 0 Å². The van der Waals surface area contributed by atoms with Crippen molar-refractivity contribution in [3.8, 4) is 0 Å². The third-order valence-electron chi connectivity index (χ3n) is 2.34. The second-order valence-electron chi connectivity index (χ2n) is 3.99. The van der Waals surface area contributed by atoms with E-state index in [9.17, 15) is 0 Å². The smallest absolute Gasteiger partial charge is 0.0964 e. The standard InChI is InChI=1S/C11H22N4O2/c1-3-17-9-10(2)12-7-11-8-15(14-13-11)5-4-6-16/h8,10,12,16H,3-7,9H2,1-2H3. The minimum Gasteiger partial charge on any atom is -0.396 e. The average Bonchev–Trinajstić information content (AvgIpc) is 2.79. The fourth-order valence-electron chi connectivity index (χ4n) is 1.39. The second kappa shape index (κ2) is 8.16. The lowest BCUT2D eigenvalue weighted by molar-refractivity contribution is 0.127. The molecule has 1 atom stereocenters. The van der Waals surface area contributed by atoms with Crippen molar-refractivity contribution in [1.82, 2.24) is 20.3 Å². The van der Waals surface area contributed by atoms with E-state index in [-0.39, 0.29) is 6.61 Å². The lowest BCUT2D eigenvalue weighted by Crippen LogP contribution is -2.30. The molecule has 1 aromatic rings. The van der Waals surface area contributed by atoms with Crippen LogP contribution < -0.4 is 5.32 Å². The van der Waals surface area contributed by atoms with Crippen molar-refractivity contribution in [3.63, 3.8) is 0 Å². The van der Waals surface area contributed by atoms with Crippen LogP contribution in [0, 0.1) is 0 Å². The van der Waals surface area contributed by atoms with E-state index in [1.807, 2.05) is 13.1 Å². The SMILES string of the molecule is CCOCC(C)NCc1cn(CCCO)nn1. The highest BCUT2D eigenvalue weighted by atomic mass is 16.5. The molecule has 98 valence electrons. The Bertz CT molecular complexity index is 303. The number of hydrogen-bond acceptors (Lipinski definition) is 5. The maximum Gasteiger partial charge on any atom is 0.0964 e. The van der Waals surface area contributed by atoms with Crippen molar-refractivity contribution >= 4 is 0 Å². The number of nitrogens with zero attached hydrogens (tertiary/aromatic N) is 3. The quantitative estimate of drug-likeness (QED) is 0.646. The zero-order chi connectivity index (χ0) is 12.5. The van der Waals surface area contributed by atoms with Crippen molar-refractivity contribution in [1.29, 1.82) is 0 Å². The molecule has 1 heterocycles. The summed E-state index contributed by atoms with van der Waals surface area (Å²) in [6.45, 7) is 7.08. The van der Waals surface area contributed by atoms with Gasteiger partial charge in [-0.2, -0.15) is 0 Å². The zero-order valence-corrected chi connectivity index (χ0v) is 10.6. The predicted molar refractivity (Wildman–Crippen MR) is 64.5 cm³/mol. The van der Waals surface area contributed by atoms with Gasteiger partial charge in [-0.05, 0) is 20.3 Å². The van der Waals surface area contributed by atoms with E-state index in [0.29, 0.717) is 32.2 Å². The summed E-state index contributed by atoms with van der Waals surface area (Å²) in [5.41, 5.74) is 0.909. The molecular weight excluding hydrogens is 220 g/mol. The number of aryl methyl sites for hydroxylation is 1. The molecular formula is C11H22N4O2. The first-order valence-corrected chi connectivity index (χ1v) is 6.07. The Morgan fingerprint density at radius 1 is 1.59 bits per heavy atom. The molecule has 0 saturated heterocycles. The molecule has 0 aliphatic rings. The normalized spacial score (nSPS) is 12.9. The van der Waals surface area contributed by atoms with Gasteiger partial charge < -0.3 is 15.2 Å². The monoisotopic (exact) mass is 242 g/mol. The third kappa shape index (κ3) is 5.76. The lowest BCUT2D eigenvalue weighted by atomic mass is 10.3. The molecule has 0 spiro atoms. The molecule has 6 nitrogen and oxygen atoms in total. The van der Waals surface area contributed by atoms with E-state index in [1.54, 1.807) is 4.68 Å². The van der Waals surface area contributed by atoms with Gasteiger partial charge in [0.25, 0.3) is 0 Å². The van der Waals surface area contributed by atoms with E-state index >= 15 is 0 Å². The fraction of sp³-hybridized carbons (Fsp3) is 0.818. The Balaban J connectivity index is 2.24. The highest BCUT2D eigenvalue weighted by molar-refractivity contribution is 4.91. The molecule has 0 fully saturated rings. The molecule has 2 N–H and O–H groups in total. The molecule has 0 aromatic carbocycles. The minimum absolute atomic E-state index is 0.179. The Labute approximate surface area is 102 Å². The lowest BCUT2D eigenvalue weighted by Gasteiger charge is -2.11. The molecule has 0 amide bonds. The first-order chi connectivity index (χ1) is 8.26. The molecule has 0 bridgehead atoms. The fourth-order valence-corrected chi connectivity index (χ4v) is 1.39. The molecule has 0 saturated carbocycles. The van der Waals surface area contributed by atoms with Gasteiger partial charge in [0.15, 0.2) is 0 Å². The van der Waals surface area contributed by atoms with Gasteiger partial charge in [-0.1, -0.05) is 5.21 Å². The Morgan fingerprint density at radius 3 is 3.12 bits per heavy atom. The number of nitrogens with one attached hydrogen (secondary N) is 1. The molecule has 1 unspecified atom stereocenters. The van der Waals surface area contributed by atoms with Gasteiger partial charge in [-0.15, -0.1) is 5.10 Å². The van der Waals surface area contributed by atoms with Crippen LogP contribution in [0.15, 0.2) is 6.20 Å². The van der Waals surface area contributed by atoms with E-state index in [4.69, 9.17) is 9.84 Å². The van der Waals surface area contributed by atoms with Crippen molar-refractivity contribution in [2.75, 3.05) is 19.8 Å². The Kier molecular flexibility index (Phi) is 6.76. The van der Waals surface area contributed by atoms with Crippen LogP contribution in [0.4, 0.5) is 0 Å². The Hall–Kier alpha value is -0.980. The van der Waals surface area contributed by atoms with Crippen LogP contribution in [-0.4, -0.2) is 46.0 Å². The largest absolute Gasteiger partial charge is 0.396 e. The first kappa shape index (κ1) is 14.1. The number of aliphatic hydroxyl groups excluding tert-OH is 1. The van der Waals surface area contributed by atoms with Crippen LogP contribution >= 0.6 is 0 Å². The predicted octanol–water partition coefficient (Wildman–Crippen LogP) is 0.175. The molecule has 0 aliphatic heterocycles. The van der Waals surface area contributed by atoms with Crippen LogP contribution in [0.25, 0.3) is 0 Å².